The second-order valence-electron chi connectivity index (χ2n) is 11.6. The molecule has 234 valence electrons. The maximum atomic E-state index is 16.2. The van der Waals surface area contributed by atoms with E-state index in [2.05, 4.69) is 0 Å². The van der Waals surface area contributed by atoms with Gasteiger partial charge in [-0.2, -0.15) is 5.10 Å². The maximum Gasteiger partial charge on any atom is 0.352 e. The van der Waals surface area contributed by atoms with Crippen molar-refractivity contribution >= 4 is 27.6 Å². The van der Waals surface area contributed by atoms with E-state index in [9.17, 15) is 14.3 Å². The molecule has 7 rings (SSSR count). The lowest BCUT2D eigenvalue weighted by Gasteiger charge is -2.15. The van der Waals surface area contributed by atoms with Gasteiger partial charge in [0.15, 0.2) is 0 Å². The molecule has 0 radical (unpaired) electrons. The van der Waals surface area contributed by atoms with Gasteiger partial charge in [-0.1, -0.05) is 43.3 Å². The zero-order chi connectivity index (χ0) is 31.9. The first-order chi connectivity index (χ1) is 22.4. The first-order valence-corrected chi connectivity index (χ1v) is 15.4. The molecule has 1 aliphatic rings. The van der Waals surface area contributed by atoms with E-state index in [0.29, 0.717) is 71.5 Å². The van der Waals surface area contributed by atoms with Crippen LogP contribution in [0.15, 0.2) is 72.8 Å². The van der Waals surface area contributed by atoms with Crippen LogP contribution in [0.1, 0.15) is 51.9 Å². The Morgan fingerprint density at radius 2 is 1.78 bits per heavy atom. The predicted octanol–water partition coefficient (Wildman–Crippen LogP) is 7.82. The van der Waals surface area contributed by atoms with E-state index in [4.69, 9.17) is 14.6 Å². The molecule has 2 aromatic heterocycles. The van der Waals surface area contributed by atoms with E-state index in [1.54, 1.807) is 21.4 Å². The fourth-order valence-corrected chi connectivity index (χ4v) is 6.86. The van der Waals surface area contributed by atoms with E-state index in [1.165, 1.54) is 18.2 Å². The van der Waals surface area contributed by atoms with Crippen LogP contribution in [0.25, 0.3) is 32.8 Å². The molecule has 0 saturated heterocycles. The van der Waals surface area contributed by atoms with Gasteiger partial charge in [0.05, 0.1) is 31.0 Å². The van der Waals surface area contributed by atoms with Crippen LogP contribution in [-0.4, -0.2) is 32.0 Å². The molecule has 0 fully saturated rings. The van der Waals surface area contributed by atoms with Crippen molar-refractivity contribution in [1.29, 1.82) is 0 Å². The maximum absolute atomic E-state index is 16.2. The van der Waals surface area contributed by atoms with E-state index >= 15 is 4.39 Å². The van der Waals surface area contributed by atoms with Crippen LogP contribution in [0.2, 0.25) is 0 Å². The lowest BCUT2D eigenvalue weighted by molar-refractivity contribution is 0.0684. The van der Waals surface area contributed by atoms with Gasteiger partial charge in [-0.15, -0.1) is 0 Å². The van der Waals surface area contributed by atoms with Crippen LogP contribution in [0.5, 0.6) is 5.75 Å². The number of carboxylic acids is 1. The summed E-state index contributed by atoms with van der Waals surface area (Å²) in [5.41, 5.74) is 5.56. The SMILES string of the molecule is CCc1c2c(nn1C)COCc1ccccc1Cn1c(C(=O)O)c(CCCOc3cccc4cc(F)ccc34)c3ccc(F)c-2c31. The van der Waals surface area contributed by atoms with E-state index in [1.807, 2.05) is 56.4 Å². The summed E-state index contributed by atoms with van der Waals surface area (Å²) in [7, 11) is 1.84. The number of fused-ring (bicyclic) bond motifs is 4. The summed E-state index contributed by atoms with van der Waals surface area (Å²) in [4.78, 5) is 13.1. The summed E-state index contributed by atoms with van der Waals surface area (Å²) < 4.78 is 45.7. The van der Waals surface area contributed by atoms with Crippen molar-refractivity contribution in [1.82, 2.24) is 14.3 Å². The standard InChI is InChI=1S/C37H33F2N3O4/c1-3-31-34-30(40-41(31)2)21-45-20-24-9-5-4-8-23(24)19-42-35-28(15-16-29(39)33(34)35)27(36(42)37(43)44)11-7-17-46-32-12-6-10-22-18-25(38)13-14-26(22)32/h4-6,8-10,12-16,18H,3,7,11,17,19-21H2,1-2H3,(H,43,44). The predicted molar refractivity (Wildman–Crippen MR) is 172 cm³/mol. The van der Waals surface area contributed by atoms with Gasteiger partial charge >= 0.3 is 5.97 Å². The number of ether oxygens (including phenoxy) is 2. The molecule has 6 aromatic rings. The molecule has 0 amide bonds. The van der Waals surface area contributed by atoms with E-state index in [0.717, 1.165) is 27.6 Å². The van der Waals surface area contributed by atoms with Gasteiger partial charge in [0.1, 0.15) is 23.1 Å². The minimum absolute atomic E-state index is 0.126. The van der Waals surface area contributed by atoms with Crippen LogP contribution >= 0.6 is 0 Å². The molecule has 46 heavy (non-hydrogen) atoms. The number of aryl methyl sites for hydroxylation is 2. The third-order valence-electron chi connectivity index (χ3n) is 8.88. The Bertz CT molecular complexity index is 2130. The van der Waals surface area contributed by atoms with Crippen molar-refractivity contribution in [2.75, 3.05) is 6.61 Å². The Kier molecular flexibility index (Phi) is 7.78. The number of carboxylic acid groups (broad SMARTS) is 1. The van der Waals surface area contributed by atoms with Crippen molar-refractivity contribution in [3.63, 3.8) is 0 Å². The minimum Gasteiger partial charge on any atom is -0.493 e. The lowest BCUT2D eigenvalue weighted by Crippen LogP contribution is -2.13. The number of carbonyl (C=O) groups is 1. The average Bonchev–Trinajstić information content (AvgIpc) is 3.52. The van der Waals surface area contributed by atoms with Crippen molar-refractivity contribution in [2.45, 2.75) is 45.9 Å². The van der Waals surface area contributed by atoms with Crippen LogP contribution in [0.3, 0.4) is 0 Å². The van der Waals surface area contributed by atoms with Crippen LogP contribution in [-0.2, 0) is 44.4 Å². The number of hydrogen-bond donors (Lipinski definition) is 1. The largest absolute Gasteiger partial charge is 0.493 e. The molecule has 1 aliphatic heterocycles. The van der Waals surface area contributed by atoms with Gasteiger partial charge in [-0.05, 0) is 77.7 Å². The summed E-state index contributed by atoms with van der Waals surface area (Å²) >= 11 is 0. The average molecular weight is 622 g/mol. The van der Waals surface area contributed by atoms with E-state index in [-0.39, 0.29) is 24.7 Å². The van der Waals surface area contributed by atoms with Crippen molar-refractivity contribution in [3.05, 3.63) is 118 Å². The molecule has 0 aliphatic carbocycles. The molecule has 0 atom stereocenters. The van der Waals surface area contributed by atoms with Crippen molar-refractivity contribution < 1.29 is 28.2 Å². The molecular formula is C37H33F2N3O4. The van der Waals surface area contributed by atoms with Gasteiger partial charge in [0.2, 0.25) is 0 Å². The Morgan fingerprint density at radius 3 is 2.59 bits per heavy atom. The third kappa shape index (κ3) is 5.10. The monoisotopic (exact) mass is 621 g/mol. The van der Waals surface area contributed by atoms with Gasteiger partial charge in [0.25, 0.3) is 0 Å². The minimum atomic E-state index is -1.08. The fourth-order valence-electron chi connectivity index (χ4n) is 6.86. The molecule has 0 bridgehead atoms. The van der Waals surface area contributed by atoms with Crippen molar-refractivity contribution in [3.8, 4) is 16.9 Å². The zero-order valence-electron chi connectivity index (χ0n) is 25.6. The first kappa shape index (κ1) is 29.7. The summed E-state index contributed by atoms with van der Waals surface area (Å²) in [6, 6.07) is 20.9. The number of rotatable bonds is 7. The van der Waals surface area contributed by atoms with Crippen molar-refractivity contribution in [2.24, 2.45) is 7.05 Å². The molecule has 0 unspecified atom stereocenters. The van der Waals surface area contributed by atoms with Crippen LogP contribution in [0.4, 0.5) is 8.78 Å². The van der Waals surface area contributed by atoms with Gasteiger partial charge in [-0.3, -0.25) is 4.68 Å². The highest BCUT2D eigenvalue weighted by molar-refractivity contribution is 6.04. The smallest absolute Gasteiger partial charge is 0.352 e. The third-order valence-corrected chi connectivity index (χ3v) is 8.88. The number of aromatic nitrogens is 3. The Labute approximate surface area is 264 Å². The van der Waals surface area contributed by atoms with Gasteiger partial charge in [-0.25, -0.2) is 13.6 Å². The highest BCUT2D eigenvalue weighted by Crippen LogP contribution is 2.41. The van der Waals surface area contributed by atoms with Crippen LogP contribution < -0.4 is 4.74 Å². The second-order valence-corrected chi connectivity index (χ2v) is 11.6. The Balaban J connectivity index is 1.36. The van der Waals surface area contributed by atoms with E-state index < -0.39 is 11.8 Å². The molecule has 3 heterocycles. The number of nitrogens with zero attached hydrogens (tertiary/aromatic N) is 3. The Hall–Kier alpha value is -5.02. The Morgan fingerprint density at radius 1 is 0.978 bits per heavy atom. The topological polar surface area (TPSA) is 78.5 Å². The summed E-state index contributed by atoms with van der Waals surface area (Å²) in [6.45, 7) is 3.03. The highest BCUT2D eigenvalue weighted by Gasteiger charge is 2.30. The first-order valence-electron chi connectivity index (χ1n) is 15.4. The number of halogens is 2. The summed E-state index contributed by atoms with van der Waals surface area (Å²) in [5, 5.41) is 17.7. The number of hydrogen-bond acceptors (Lipinski definition) is 4. The molecule has 0 spiro atoms. The number of benzene rings is 4. The summed E-state index contributed by atoms with van der Waals surface area (Å²) in [5.74, 6) is -1.21. The molecule has 1 N–H and O–H groups in total. The molecule has 4 aromatic carbocycles. The van der Waals surface area contributed by atoms with Crippen LogP contribution in [0, 0.1) is 11.6 Å². The molecule has 0 saturated carbocycles. The molecule has 7 nitrogen and oxygen atoms in total. The fraction of sp³-hybridized carbons (Fsp3) is 0.243. The lowest BCUT2D eigenvalue weighted by atomic mass is 9.96. The van der Waals surface area contributed by atoms with Gasteiger partial charge in [0, 0.05) is 41.2 Å². The highest BCUT2D eigenvalue weighted by atomic mass is 19.1. The second kappa shape index (κ2) is 12.1. The summed E-state index contributed by atoms with van der Waals surface area (Å²) in [6.07, 6.45) is 1.50. The quantitative estimate of drug-likeness (QED) is 0.184. The zero-order valence-corrected chi connectivity index (χ0v) is 25.6. The number of aromatic carboxylic acids is 1. The molecular weight excluding hydrogens is 588 g/mol. The molecule has 9 heteroatoms. The van der Waals surface area contributed by atoms with Gasteiger partial charge < -0.3 is 19.1 Å². The normalized spacial score (nSPS) is 13.0.